The van der Waals surface area contributed by atoms with Gasteiger partial charge in [-0.05, 0) is 12.1 Å². The fraction of sp³-hybridized carbons (Fsp3) is 0.111. The number of hydrogen-bond acceptors (Lipinski definition) is 3. The largest absolute Gasteiger partial charge is 0.452 e. The van der Waals surface area contributed by atoms with Crippen molar-refractivity contribution in [3.63, 3.8) is 0 Å². The number of hydrogen-bond donors (Lipinski definition) is 0. The van der Waals surface area contributed by atoms with Crippen LogP contribution in [0.25, 0.3) is 11.3 Å². The lowest BCUT2D eigenvalue weighted by molar-refractivity contribution is -0.155. The van der Waals surface area contributed by atoms with Crippen LogP contribution >= 0.6 is 0 Å². The lowest BCUT2D eigenvalue weighted by atomic mass is 10.2. The van der Waals surface area contributed by atoms with Gasteiger partial charge in [0.1, 0.15) is 5.69 Å². The number of rotatable bonds is 1. The van der Waals surface area contributed by atoms with Gasteiger partial charge >= 0.3 is 6.18 Å². The Kier molecular flexibility index (Phi) is 2.18. The summed E-state index contributed by atoms with van der Waals surface area (Å²) in [5.74, 6) is -1.10. The van der Waals surface area contributed by atoms with Crippen molar-refractivity contribution in [2.45, 2.75) is 6.18 Å². The fourth-order valence-electron chi connectivity index (χ4n) is 1.07. The highest BCUT2D eigenvalue weighted by molar-refractivity contribution is 5.57. The molecule has 0 radical (unpaired) electrons. The summed E-state index contributed by atoms with van der Waals surface area (Å²) in [4.78, 5) is 3.75. The van der Waals surface area contributed by atoms with Crippen LogP contribution in [0.2, 0.25) is 0 Å². The molecule has 2 aromatic heterocycles. The van der Waals surface area contributed by atoms with E-state index < -0.39 is 11.9 Å². The smallest absolute Gasteiger partial charge is 0.351 e. The molecule has 0 aliphatic carbocycles. The van der Waals surface area contributed by atoms with E-state index in [1.54, 1.807) is 12.1 Å². The molecule has 0 aliphatic heterocycles. The first-order chi connectivity index (χ1) is 7.07. The third-order valence-electron chi connectivity index (χ3n) is 1.77. The van der Waals surface area contributed by atoms with Crippen molar-refractivity contribution >= 4 is 0 Å². The highest BCUT2D eigenvalue weighted by atomic mass is 19.4. The molecule has 0 bridgehead atoms. The number of pyridine rings is 1. The Morgan fingerprint density at radius 1 is 1.13 bits per heavy atom. The second-order valence-corrected chi connectivity index (χ2v) is 2.81. The van der Waals surface area contributed by atoms with E-state index in [1.165, 1.54) is 12.4 Å². The van der Waals surface area contributed by atoms with Gasteiger partial charge in [-0.2, -0.15) is 13.2 Å². The summed E-state index contributed by atoms with van der Waals surface area (Å²) in [6.07, 6.45) is -1.56. The SMILES string of the molecule is FC(F)(F)c1cc(-c2ccncc2)no1. The van der Waals surface area contributed by atoms with Crippen LogP contribution in [0.3, 0.4) is 0 Å². The van der Waals surface area contributed by atoms with Crippen LogP contribution in [0.5, 0.6) is 0 Å². The zero-order valence-electron chi connectivity index (χ0n) is 7.32. The molecule has 0 aromatic carbocycles. The van der Waals surface area contributed by atoms with Crippen molar-refractivity contribution in [3.05, 3.63) is 36.4 Å². The molecule has 0 unspecified atom stereocenters. The van der Waals surface area contributed by atoms with E-state index in [0.717, 1.165) is 6.07 Å². The summed E-state index contributed by atoms with van der Waals surface area (Å²) >= 11 is 0. The zero-order valence-corrected chi connectivity index (χ0v) is 7.32. The van der Waals surface area contributed by atoms with Crippen molar-refractivity contribution in [1.82, 2.24) is 10.1 Å². The molecule has 0 atom stereocenters. The van der Waals surface area contributed by atoms with E-state index in [0.29, 0.717) is 5.56 Å². The lowest BCUT2D eigenvalue weighted by Gasteiger charge is -1.97. The predicted molar refractivity (Wildman–Crippen MR) is 44.7 cm³/mol. The first-order valence-corrected chi connectivity index (χ1v) is 4.02. The third-order valence-corrected chi connectivity index (χ3v) is 1.77. The minimum absolute atomic E-state index is 0.143. The number of nitrogens with zero attached hydrogens (tertiary/aromatic N) is 2. The van der Waals surface area contributed by atoms with Crippen LogP contribution in [0.1, 0.15) is 5.76 Å². The second kappa shape index (κ2) is 3.38. The molecule has 0 saturated heterocycles. The van der Waals surface area contributed by atoms with E-state index in [4.69, 9.17) is 0 Å². The summed E-state index contributed by atoms with van der Waals surface area (Å²) in [7, 11) is 0. The van der Waals surface area contributed by atoms with Crippen molar-refractivity contribution in [2.75, 3.05) is 0 Å². The first-order valence-electron chi connectivity index (χ1n) is 4.02. The third kappa shape index (κ3) is 1.98. The molecule has 2 rings (SSSR count). The molecule has 0 N–H and O–H groups in total. The molecule has 6 heteroatoms. The molecule has 15 heavy (non-hydrogen) atoms. The quantitative estimate of drug-likeness (QED) is 0.732. The van der Waals surface area contributed by atoms with Crippen molar-refractivity contribution in [1.29, 1.82) is 0 Å². The lowest BCUT2D eigenvalue weighted by Crippen LogP contribution is -2.02. The molecular weight excluding hydrogens is 209 g/mol. The van der Waals surface area contributed by atoms with Gasteiger partial charge in [0.05, 0.1) is 0 Å². The highest BCUT2D eigenvalue weighted by Crippen LogP contribution is 2.31. The summed E-state index contributed by atoms with van der Waals surface area (Å²) in [5, 5.41) is 3.33. The maximum Gasteiger partial charge on any atom is 0.452 e. The molecule has 0 fully saturated rings. The van der Waals surface area contributed by atoms with Crippen LogP contribution in [0, 0.1) is 0 Å². The fourth-order valence-corrected chi connectivity index (χ4v) is 1.07. The summed E-state index contributed by atoms with van der Waals surface area (Å²) in [6, 6.07) is 3.96. The topological polar surface area (TPSA) is 38.9 Å². The summed E-state index contributed by atoms with van der Waals surface area (Å²) in [5.41, 5.74) is 0.675. The summed E-state index contributed by atoms with van der Waals surface area (Å²) < 4.78 is 40.7. The van der Waals surface area contributed by atoms with Gasteiger partial charge in [-0.1, -0.05) is 5.16 Å². The molecule has 2 aromatic rings. The molecule has 3 nitrogen and oxygen atoms in total. The van der Waals surface area contributed by atoms with Gasteiger partial charge in [0.25, 0.3) is 0 Å². The Labute approximate surface area is 82.5 Å². The van der Waals surface area contributed by atoms with Crippen molar-refractivity contribution < 1.29 is 17.7 Å². The van der Waals surface area contributed by atoms with Gasteiger partial charge in [0.2, 0.25) is 5.76 Å². The molecule has 0 aliphatic rings. The Morgan fingerprint density at radius 2 is 1.80 bits per heavy atom. The molecule has 2 heterocycles. The number of halogens is 3. The second-order valence-electron chi connectivity index (χ2n) is 2.81. The Balaban J connectivity index is 2.37. The Morgan fingerprint density at radius 3 is 2.33 bits per heavy atom. The number of aromatic nitrogens is 2. The normalized spacial score (nSPS) is 11.7. The van der Waals surface area contributed by atoms with Crippen LogP contribution in [0.15, 0.2) is 35.1 Å². The minimum Gasteiger partial charge on any atom is -0.351 e. The van der Waals surface area contributed by atoms with E-state index in [1.807, 2.05) is 0 Å². The van der Waals surface area contributed by atoms with Crippen LogP contribution in [0.4, 0.5) is 13.2 Å². The monoisotopic (exact) mass is 214 g/mol. The molecule has 0 amide bonds. The minimum atomic E-state index is -4.50. The van der Waals surface area contributed by atoms with Crippen molar-refractivity contribution in [3.8, 4) is 11.3 Å². The predicted octanol–water partition coefficient (Wildman–Crippen LogP) is 2.76. The Bertz CT molecular complexity index is 450. The van der Waals surface area contributed by atoms with Gasteiger partial charge in [-0.25, -0.2) is 0 Å². The Hall–Kier alpha value is -1.85. The highest BCUT2D eigenvalue weighted by Gasteiger charge is 2.36. The van der Waals surface area contributed by atoms with Crippen LogP contribution in [-0.2, 0) is 6.18 Å². The maximum atomic E-state index is 12.2. The molecule has 0 spiro atoms. The molecular formula is C9H5F3N2O. The first kappa shape index (κ1) is 9.70. The molecule has 0 saturated carbocycles. The molecule has 78 valence electrons. The van der Waals surface area contributed by atoms with Gasteiger partial charge < -0.3 is 4.52 Å². The van der Waals surface area contributed by atoms with E-state index in [2.05, 4.69) is 14.7 Å². The van der Waals surface area contributed by atoms with Crippen molar-refractivity contribution in [2.24, 2.45) is 0 Å². The zero-order chi connectivity index (χ0) is 10.9. The van der Waals surface area contributed by atoms with E-state index in [9.17, 15) is 13.2 Å². The standard InChI is InChI=1S/C9H5F3N2O/c10-9(11,12)8-5-7(14-15-8)6-1-3-13-4-2-6/h1-5H. The van der Waals surface area contributed by atoms with E-state index >= 15 is 0 Å². The van der Waals surface area contributed by atoms with Gasteiger partial charge in [-0.15, -0.1) is 0 Å². The van der Waals surface area contributed by atoms with Crippen LogP contribution in [-0.4, -0.2) is 10.1 Å². The van der Waals surface area contributed by atoms with Gasteiger partial charge in [0, 0.05) is 24.0 Å². The number of alkyl halides is 3. The van der Waals surface area contributed by atoms with Gasteiger partial charge in [0.15, 0.2) is 0 Å². The average molecular weight is 214 g/mol. The maximum absolute atomic E-state index is 12.2. The van der Waals surface area contributed by atoms with E-state index in [-0.39, 0.29) is 5.69 Å². The average Bonchev–Trinajstić information content (AvgIpc) is 2.67. The summed E-state index contributed by atoms with van der Waals surface area (Å²) in [6.45, 7) is 0. The van der Waals surface area contributed by atoms with Crippen LogP contribution < -0.4 is 0 Å². The van der Waals surface area contributed by atoms with Gasteiger partial charge in [-0.3, -0.25) is 4.98 Å².